The van der Waals surface area contributed by atoms with Crippen molar-refractivity contribution in [2.24, 2.45) is 0 Å². The molecule has 0 saturated carbocycles. The van der Waals surface area contributed by atoms with Gasteiger partial charge in [-0.2, -0.15) is 5.10 Å². The third-order valence-electron chi connectivity index (χ3n) is 3.29. The summed E-state index contributed by atoms with van der Waals surface area (Å²) in [6.45, 7) is 4.21. The molecule has 0 N–H and O–H groups in total. The molecule has 3 aromatic rings. The molecule has 108 valence electrons. The maximum Gasteiger partial charge on any atom is 0.209 e. The van der Waals surface area contributed by atoms with Crippen LogP contribution >= 0.6 is 11.8 Å². The summed E-state index contributed by atoms with van der Waals surface area (Å²) in [5.41, 5.74) is 4.77. The number of benzene rings is 1. The average molecular weight is 299 g/mol. The van der Waals surface area contributed by atoms with Gasteiger partial charge in [0.15, 0.2) is 0 Å². The van der Waals surface area contributed by atoms with Crippen LogP contribution in [0.2, 0.25) is 0 Å². The van der Waals surface area contributed by atoms with Gasteiger partial charge in [-0.25, -0.2) is 9.67 Å². The molecule has 0 fully saturated rings. The van der Waals surface area contributed by atoms with Crippen LogP contribution in [0.25, 0.3) is 16.9 Å². The lowest BCUT2D eigenvalue weighted by molar-refractivity contribution is 0.808. The maximum absolute atomic E-state index is 4.70. The van der Waals surface area contributed by atoms with Crippen molar-refractivity contribution >= 4 is 22.9 Å². The number of hydrogen-bond acceptors (Lipinski definition) is 5. The van der Waals surface area contributed by atoms with E-state index in [1.807, 2.05) is 23.1 Å². The van der Waals surface area contributed by atoms with Crippen LogP contribution in [-0.2, 0) is 6.42 Å². The number of rotatable bonds is 4. The van der Waals surface area contributed by atoms with Gasteiger partial charge in [0, 0.05) is 0 Å². The highest BCUT2D eigenvalue weighted by molar-refractivity contribution is 7.98. The predicted molar refractivity (Wildman–Crippen MR) is 85.0 cm³/mol. The molecule has 0 aliphatic heterocycles. The summed E-state index contributed by atoms with van der Waals surface area (Å²) in [7, 11) is 0. The van der Waals surface area contributed by atoms with Gasteiger partial charge < -0.3 is 0 Å². The minimum Gasteiger partial charge on any atom is -0.216 e. The zero-order valence-corrected chi connectivity index (χ0v) is 13.2. The molecule has 21 heavy (non-hydrogen) atoms. The molecule has 0 amide bonds. The second-order valence-electron chi connectivity index (χ2n) is 4.91. The molecule has 0 unspecified atom stereocenters. The molecule has 6 heteroatoms. The number of aryl methyl sites for hydroxylation is 2. The molecule has 0 saturated heterocycles. The zero-order chi connectivity index (χ0) is 14.8. The summed E-state index contributed by atoms with van der Waals surface area (Å²) in [5, 5.41) is 13.8. The van der Waals surface area contributed by atoms with Gasteiger partial charge >= 0.3 is 0 Å². The van der Waals surface area contributed by atoms with E-state index >= 15 is 0 Å². The first-order valence-electron chi connectivity index (χ1n) is 6.96. The Balaban J connectivity index is 2.20. The van der Waals surface area contributed by atoms with Gasteiger partial charge in [0.25, 0.3) is 0 Å². The molecule has 3 rings (SSSR count). The fraction of sp³-hybridized carbons (Fsp3) is 0.333. The fourth-order valence-corrected chi connectivity index (χ4v) is 2.52. The van der Waals surface area contributed by atoms with Crippen molar-refractivity contribution in [1.82, 2.24) is 25.0 Å². The van der Waals surface area contributed by atoms with Crippen molar-refractivity contribution < 1.29 is 0 Å². The topological polar surface area (TPSA) is 56.5 Å². The lowest BCUT2D eigenvalue weighted by Gasteiger charge is -2.02. The van der Waals surface area contributed by atoms with E-state index in [1.165, 1.54) is 17.3 Å². The van der Waals surface area contributed by atoms with E-state index in [0.29, 0.717) is 5.16 Å². The third kappa shape index (κ3) is 2.63. The van der Waals surface area contributed by atoms with Crippen LogP contribution in [0.5, 0.6) is 0 Å². The molecule has 0 radical (unpaired) electrons. The molecular formula is C15H17N5S. The lowest BCUT2D eigenvalue weighted by atomic mass is 10.2. The van der Waals surface area contributed by atoms with E-state index in [4.69, 9.17) is 5.10 Å². The molecular weight excluding hydrogens is 282 g/mol. The minimum atomic E-state index is 0.684. The SMILES string of the molecule is CCCc1nn(-c2ccc(C)cc2)c2nnc(SC)nc12. The van der Waals surface area contributed by atoms with Crippen LogP contribution in [0.15, 0.2) is 29.4 Å². The van der Waals surface area contributed by atoms with E-state index in [-0.39, 0.29) is 0 Å². The number of thioether (sulfide) groups is 1. The van der Waals surface area contributed by atoms with Crippen molar-refractivity contribution in [3.8, 4) is 5.69 Å². The predicted octanol–water partition coefficient (Wildman–Crippen LogP) is 3.19. The van der Waals surface area contributed by atoms with Crippen LogP contribution in [0, 0.1) is 6.92 Å². The van der Waals surface area contributed by atoms with Gasteiger partial charge in [0.1, 0.15) is 5.52 Å². The van der Waals surface area contributed by atoms with Gasteiger partial charge in [0.2, 0.25) is 10.8 Å². The average Bonchev–Trinajstić information content (AvgIpc) is 2.86. The Morgan fingerprint density at radius 2 is 1.90 bits per heavy atom. The number of fused-ring (bicyclic) bond motifs is 1. The first-order chi connectivity index (χ1) is 10.2. The Bertz CT molecular complexity index is 764. The Morgan fingerprint density at radius 1 is 1.14 bits per heavy atom. The van der Waals surface area contributed by atoms with E-state index in [1.54, 1.807) is 0 Å². The third-order valence-corrected chi connectivity index (χ3v) is 3.83. The van der Waals surface area contributed by atoms with E-state index in [9.17, 15) is 0 Å². The summed E-state index contributed by atoms with van der Waals surface area (Å²) >= 11 is 1.50. The van der Waals surface area contributed by atoms with Crippen molar-refractivity contribution in [1.29, 1.82) is 0 Å². The van der Waals surface area contributed by atoms with Gasteiger partial charge in [-0.1, -0.05) is 42.8 Å². The highest BCUT2D eigenvalue weighted by atomic mass is 32.2. The van der Waals surface area contributed by atoms with Crippen LogP contribution in [0.4, 0.5) is 0 Å². The minimum absolute atomic E-state index is 0.684. The quantitative estimate of drug-likeness (QED) is 0.692. The Kier molecular flexibility index (Phi) is 3.88. The largest absolute Gasteiger partial charge is 0.216 e. The standard InChI is InChI=1S/C15H17N5S/c1-4-5-12-13-14(17-18-15(16-13)21-3)20(19-12)11-8-6-10(2)7-9-11/h6-9H,4-5H2,1-3H3. The number of nitrogens with zero attached hydrogens (tertiary/aromatic N) is 5. The fourth-order valence-electron chi connectivity index (χ4n) is 2.21. The molecule has 1 aromatic carbocycles. The van der Waals surface area contributed by atoms with Gasteiger partial charge in [-0.05, 0) is 31.7 Å². The zero-order valence-electron chi connectivity index (χ0n) is 12.4. The summed E-state index contributed by atoms with van der Waals surface area (Å²) in [4.78, 5) is 4.58. The molecule has 0 spiro atoms. The highest BCUT2D eigenvalue weighted by Crippen LogP contribution is 2.21. The summed E-state index contributed by atoms with van der Waals surface area (Å²) in [6, 6.07) is 8.22. The van der Waals surface area contributed by atoms with Crippen molar-refractivity contribution in [3.05, 3.63) is 35.5 Å². The van der Waals surface area contributed by atoms with Crippen molar-refractivity contribution in [3.63, 3.8) is 0 Å². The summed E-state index contributed by atoms with van der Waals surface area (Å²) in [6.07, 6.45) is 3.87. The first kappa shape index (κ1) is 14.0. The number of hydrogen-bond donors (Lipinski definition) is 0. The normalized spacial score (nSPS) is 11.2. The molecule has 0 bridgehead atoms. The molecule has 5 nitrogen and oxygen atoms in total. The Hall–Kier alpha value is -1.95. The van der Waals surface area contributed by atoms with Crippen LogP contribution in [0.3, 0.4) is 0 Å². The molecule has 2 heterocycles. The van der Waals surface area contributed by atoms with E-state index in [0.717, 1.165) is 35.4 Å². The molecule has 0 aliphatic carbocycles. The monoisotopic (exact) mass is 299 g/mol. The van der Waals surface area contributed by atoms with Gasteiger partial charge in [-0.15, -0.1) is 10.2 Å². The van der Waals surface area contributed by atoms with E-state index in [2.05, 4.69) is 41.2 Å². The van der Waals surface area contributed by atoms with Crippen LogP contribution in [0.1, 0.15) is 24.6 Å². The second-order valence-corrected chi connectivity index (χ2v) is 5.69. The van der Waals surface area contributed by atoms with Crippen molar-refractivity contribution in [2.45, 2.75) is 31.8 Å². The van der Waals surface area contributed by atoms with Crippen molar-refractivity contribution in [2.75, 3.05) is 6.26 Å². The second kappa shape index (κ2) is 5.81. The Morgan fingerprint density at radius 3 is 2.57 bits per heavy atom. The van der Waals surface area contributed by atoms with Crippen LogP contribution < -0.4 is 0 Å². The smallest absolute Gasteiger partial charge is 0.209 e. The van der Waals surface area contributed by atoms with Crippen LogP contribution in [-0.4, -0.2) is 31.2 Å². The summed E-state index contributed by atoms with van der Waals surface area (Å²) < 4.78 is 1.84. The van der Waals surface area contributed by atoms with Gasteiger partial charge in [0.05, 0.1) is 11.4 Å². The highest BCUT2D eigenvalue weighted by Gasteiger charge is 2.15. The van der Waals surface area contributed by atoms with Gasteiger partial charge in [-0.3, -0.25) is 0 Å². The maximum atomic E-state index is 4.70. The lowest BCUT2D eigenvalue weighted by Crippen LogP contribution is -2.00. The Labute approximate surface area is 127 Å². The van der Waals surface area contributed by atoms with E-state index < -0.39 is 0 Å². The number of aromatic nitrogens is 5. The molecule has 0 atom stereocenters. The summed E-state index contributed by atoms with van der Waals surface area (Å²) in [5.74, 6) is 0. The first-order valence-corrected chi connectivity index (χ1v) is 8.18. The molecule has 2 aromatic heterocycles. The molecule has 0 aliphatic rings.